The van der Waals surface area contributed by atoms with Crippen molar-refractivity contribution in [3.63, 3.8) is 0 Å². The highest BCUT2D eigenvalue weighted by Crippen LogP contribution is 2.35. The lowest BCUT2D eigenvalue weighted by Crippen LogP contribution is -2.13. The van der Waals surface area contributed by atoms with Crippen LogP contribution in [-0.2, 0) is 0 Å². The number of benzene rings is 3. The minimum atomic E-state index is -0.431. The first-order valence-electron chi connectivity index (χ1n) is 7.71. The average molecular weight is 332 g/mol. The van der Waals surface area contributed by atoms with E-state index < -0.39 is 5.91 Å². The predicted octanol–water partition coefficient (Wildman–Crippen LogP) is 3.69. The largest absolute Gasteiger partial charge is 0.505 e. The smallest absolute Gasteiger partial charge is 0.259 e. The Hall–Kier alpha value is -3.67. The molecule has 4 rings (SSSR count). The van der Waals surface area contributed by atoms with Crippen molar-refractivity contribution in [1.29, 1.82) is 0 Å². The number of carbonyl (C=O) groups is 1. The molecule has 0 aliphatic carbocycles. The number of anilines is 4. The molecule has 6 nitrogen and oxygen atoms in total. The maximum Gasteiger partial charge on any atom is 0.259 e. The number of carbonyl (C=O) groups excluding carboxylic acids is 1. The fraction of sp³-hybridized carbons (Fsp3) is 0. The Morgan fingerprint density at radius 3 is 2.68 bits per heavy atom. The second-order valence-corrected chi connectivity index (χ2v) is 5.85. The van der Waals surface area contributed by atoms with E-state index in [4.69, 9.17) is 5.73 Å². The summed E-state index contributed by atoms with van der Waals surface area (Å²) in [5.41, 5.74) is 8.62. The van der Waals surface area contributed by atoms with E-state index in [-0.39, 0.29) is 17.0 Å². The van der Waals surface area contributed by atoms with Gasteiger partial charge in [-0.05, 0) is 29.7 Å². The zero-order valence-electron chi connectivity index (χ0n) is 13.3. The lowest BCUT2D eigenvalue weighted by molar-refractivity contribution is 0.102. The number of hydrogen-bond acceptors (Lipinski definition) is 5. The van der Waals surface area contributed by atoms with Crippen molar-refractivity contribution in [2.75, 3.05) is 21.7 Å². The monoisotopic (exact) mass is 332 g/mol. The number of nitrogens with two attached hydrogens (primary N) is 1. The van der Waals surface area contributed by atoms with Crippen LogP contribution < -0.4 is 21.7 Å². The molecule has 6 heteroatoms. The summed E-state index contributed by atoms with van der Waals surface area (Å²) >= 11 is 0. The summed E-state index contributed by atoms with van der Waals surface area (Å²) in [6.07, 6.45) is 0. The third-order valence-corrected chi connectivity index (χ3v) is 4.15. The standard InChI is InChI=1S/C19H16N4O2/c1-10-21-15-7-6-12(9-16(15)22-10)23-19(25)14-8-11-4-2-3-5-13(11)17(20)18(14)24/h2-9,21-22,24H,1,20H2,(H,23,25). The number of rotatable bonds is 2. The summed E-state index contributed by atoms with van der Waals surface area (Å²) in [6.45, 7) is 3.80. The first kappa shape index (κ1) is 14.9. The molecule has 1 aliphatic rings. The van der Waals surface area contributed by atoms with E-state index >= 15 is 0 Å². The zero-order chi connectivity index (χ0) is 17.6. The van der Waals surface area contributed by atoms with E-state index in [1.807, 2.05) is 24.3 Å². The molecule has 0 saturated carbocycles. The molecule has 0 bridgehead atoms. The first-order valence-corrected chi connectivity index (χ1v) is 7.71. The van der Waals surface area contributed by atoms with E-state index in [0.29, 0.717) is 16.9 Å². The Kier molecular flexibility index (Phi) is 3.25. The lowest BCUT2D eigenvalue weighted by Gasteiger charge is -2.12. The van der Waals surface area contributed by atoms with Crippen LogP contribution >= 0.6 is 0 Å². The summed E-state index contributed by atoms with van der Waals surface area (Å²) in [7, 11) is 0. The molecular formula is C19H16N4O2. The topological polar surface area (TPSA) is 99.4 Å². The summed E-state index contributed by atoms with van der Waals surface area (Å²) < 4.78 is 0. The third-order valence-electron chi connectivity index (χ3n) is 4.15. The van der Waals surface area contributed by atoms with Gasteiger partial charge in [0.05, 0.1) is 22.6 Å². The van der Waals surface area contributed by atoms with Crippen LogP contribution in [-0.4, -0.2) is 11.0 Å². The molecule has 3 aromatic rings. The summed E-state index contributed by atoms with van der Waals surface area (Å²) in [5.74, 6) is 0.0311. The summed E-state index contributed by atoms with van der Waals surface area (Å²) in [4.78, 5) is 12.6. The second kappa shape index (κ2) is 5.45. The summed E-state index contributed by atoms with van der Waals surface area (Å²) in [6, 6.07) is 14.4. The first-order chi connectivity index (χ1) is 12.0. The van der Waals surface area contributed by atoms with Gasteiger partial charge >= 0.3 is 0 Å². The van der Waals surface area contributed by atoms with Crippen molar-refractivity contribution in [2.45, 2.75) is 0 Å². The molecule has 0 radical (unpaired) electrons. The van der Waals surface area contributed by atoms with Gasteiger partial charge in [-0.15, -0.1) is 0 Å². The molecule has 0 unspecified atom stereocenters. The van der Waals surface area contributed by atoms with Crippen LogP contribution in [0.5, 0.6) is 5.75 Å². The molecule has 0 atom stereocenters. The van der Waals surface area contributed by atoms with Gasteiger partial charge < -0.3 is 26.8 Å². The van der Waals surface area contributed by atoms with Crippen LogP contribution in [0.1, 0.15) is 10.4 Å². The average Bonchev–Trinajstić information content (AvgIpc) is 2.97. The SMILES string of the molecule is C=C1Nc2ccc(NC(=O)c3cc4ccccc4c(N)c3O)cc2N1. The molecule has 6 N–H and O–H groups in total. The van der Waals surface area contributed by atoms with Crippen LogP contribution in [0.3, 0.4) is 0 Å². The number of nitrogens with one attached hydrogen (secondary N) is 3. The van der Waals surface area contributed by atoms with Crippen molar-refractivity contribution < 1.29 is 9.90 Å². The molecule has 1 amide bonds. The molecular weight excluding hydrogens is 316 g/mol. The van der Waals surface area contributed by atoms with Gasteiger partial charge in [-0.25, -0.2) is 0 Å². The Morgan fingerprint density at radius 1 is 1.08 bits per heavy atom. The van der Waals surface area contributed by atoms with Gasteiger partial charge in [-0.3, -0.25) is 4.79 Å². The maximum absolute atomic E-state index is 12.6. The van der Waals surface area contributed by atoms with Crippen LogP contribution in [0.25, 0.3) is 10.8 Å². The Labute approximate surface area is 144 Å². The second-order valence-electron chi connectivity index (χ2n) is 5.85. The number of fused-ring (bicyclic) bond motifs is 2. The predicted molar refractivity (Wildman–Crippen MR) is 101 cm³/mol. The van der Waals surface area contributed by atoms with E-state index in [9.17, 15) is 9.90 Å². The maximum atomic E-state index is 12.6. The van der Waals surface area contributed by atoms with Gasteiger partial charge in [0.2, 0.25) is 0 Å². The van der Waals surface area contributed by atoms with Gasteiger partial charge in [-0.2, -0.15) is 0 Å². The van der Waals surface area contributed by atoms with E-state index in [2.05, 4.69) is 22.5 Å². The van der Waals surface area contributed by atoms with E-state index in [1.54, 1.807) is 24.3 Å². The third kappa shape index (κ3) is 2.49. The van der Waals surface area contributed by atoms with E-state index in [1.165, 1.54) is 0 Å². The van der Waals surface area contributed by atoms with Crippen molar-refractivity contribution in [1.82, 2.24) is 0 Å². The number of nitrogen functional groups attached to an aromatic ring is 1. The van der Waals surface area contributed by atoms with Crippen molar-refractivity contribution in [3.8, 4) is 5.75 Å². The highest BCUT2D eigenvalue weighted by atomic mass is 16.3. The highest BCUT2D eigenvalue weighted by Gasteiger charge is 2.18. The number of phenolic OH excluding ortho intramolecular Hbond substituents is 1. The van der Waals surface area contributed by atoms with Crippen LogP contribution in [0.4, 0.5) is 22.7 Å². The van der Waals surface area contributed by atoms with Crippen LogP contribution in [0.15, 0.2) is 60.9 Å². The molecule has 25 heavy (non-hydrogen) atoms. The normalized spacial score (nSPS) is 12.4. The van der Waals surface area contributed by atoms with Crippen molar-refractivity contribution in [3.05, 3.63) is 66.5 Å². The molecule has 124 valence electrons. The Morgan fingerprint density at radius 2 is 1.84 bits per heavy atom. The summed E-state index contributed by atoms with van der Waals surface area (Å²) in [5, 5.41) is 20.7. The van der Waals surface area contributed by atoms with Gasteiger partial charge in [0, 0.05) is 11.1 Å². The minimum absolute atomic E-state index is 0.132. The fourth-order valence-electron chi connectivity index (χ4n) is 2.93. The molecule has 3 aromatic carbocycles. The number of hydrogen-bond donors (Lipinski definition) is 5. The molecule has 0 fully saturated rings. The zero-order valence-corrected chi connectivity index (χ0v) is 13.3. The molecule has 1 aliphatic heterocycles. The number of amides is 1. The highest BCUT2D eigenvalue weighted by molar-refractivity contribution is 6.12. The van der Waals surface area contributed by atoms with Crippen LogP contribution in [0, 0.1) is 0 Å². The minimum Gasteiger partial charge on any atom is -0.505 e. The molecule has 0 aromatic heterocycles. The fourth-order valence-corrected chi connectivity index (χ4v) is 2.93. The molecule has 0 saturated heterocycles. The number of aromatic hydroxyl groups is 1. The van der Waals surface area contributed by atoms with Crippen molar-refractivity contribution >= 4 is 39.4 Å². The van der Waals surface area contributed by atoms with Gasteiger partial charge in [-0.1, -0.05) is 30.8 Å². The molecule has 1 heterocycles. The quantitative estimate of drug-likeness (QED) is 0.364. The molecule has 0 spiro atoms. The number of phenols is 1. The van der Waals surface area contributed by atoms with Gasteiger partial charge in [0.25, 0.3) is 5.91 Å². The van der Waals surface area contributed by atoms with Gasteiger partial charge in [0.1, 0.15) is 5.82 Å². The van der Waals surface area contributed by atoms with Gasteiger partial charge in [0.15, 0.2) is 5.75 Å². The van der Waals surface area contributed by atoms with Crippen LogP contribution in [0.2, 0.25) is 0 Å². The Bertz CT molecular complexity index is 1040. The van der Waals surface area contributed by atoms with E-state index in [0.717, 1.165) is 16.8 Å². The van der Waals surface area contributed by atoms with Crippen molar-refractivity contribution in [2.24, 2.45) is 0 Å². The lowest BCUT2D eigenvalue weighted by atomic mass is 10.0. The Balaban J connectivity index is 1.68.